The highest BCUT2D eigenvalue weighted by atomic mass is 16.4. The van der Waals surface area contributed by atoms with E-state index in [1.165, 1.54) is 12.4 Å². The average Bonchev–Trinajstić information content (AvgIpc) is 2.26. The van der Waals surface area contributed by atoms with Crippen LogP contribution in [-0.2, 0) is 4.79 Å². The predicted molar refractivity (Wildman–Crippen MR) is 56.7 cm³/mol. The van der Waals surface area contributed by atoms with Gasteiger partial charge in [-0.1, -0.05) is 6.92 Å². The number of aliphatic carboxylic acids is 1. The molecule has 0 aliphatic carbocycles. The molecule has 0 bridgehead atoms. The fourth-order valence-electron chi connectivity index (χ4n) is 1.19. The van der Waals surface area contributed by atoms with Crippen molar-refractivity contribution in [3.8, 4) is 6.07 Å². The van der Waals surface area contributed by atoms with Crippen LogP contribution in [0.25, 0.3) is 0 Å². The molecular weight excluding hydrogens is 208 g/mol. The van der Waals surface area contributed by atoms with Crippen molar-refractivity contribution in [3.63, 3.8) is 0 Å². The third kappa shape index (κ3) is 3.53. The van der Waals surface area contributed by atoms with E-state index in [1.807, 2.05) is 13.0 Å². The molecule has 0 aromatic carbocycles. The van der Waals surface area contributed by atoms with E-state index in [4.69, 9.17) is 10.4 Å². The highest BCUT2D eigenvalue weighted by molar-refractivity contribution is 5.67. The summed E-state index contributed by atoms with van der Waals surface area (Å²) in [6, 6.07) is 1.91. The predicted octanol–water partition coefficient (Wildman–Crippen LogP) is 0.871. The monoisotopic (exact) mass is 220 g/mol. The Balaban J connectivity index is 2.55. The molecule has 6 heteroatoms. The van der Waals surface area contributed by atoms with Crippen molar-refractivity contribution in [3.05, 3.63) is 18.1 Å². The van der Waals surface area contributed by atoms with E-state index < -0.39 is 5.97 Å². The molecule has 0 saturated heterocycles. The van der Waals surface area contributed by atoms with Crippen molar-refractivity contribution in [1.82, 2.24) is 9.97 Å². The van der Waals surface area contributed by atoms with Gasteiger partial charge in [0.25, 0.3) is 0 Å². The Bertz CT molecular complexity index is 414. The Kier molecular flexibility index (Phi) is 4.21. The zero-order valence-electron chi connectivity index (χ0n) is 8.84. The van der Waals surface area contributed by atoms with Crippen molar-refractivity contribution in [1.29, 1.82) is 5.26 Å². The smallest absolute Gasteiger partial charge is 0.303 e. The topological polar surface area (TPSA) is 98.9 Å². The molecule has 2 N–H and O–H groups in total. The molecule has 1 rings (SSSR count). The van der Waals surface area contributed by atoms with Gasteiger partial charge in [-0.25, -0.2) is 9.97 Å². The summed E-state index contributed by atoms with van der Waals surface area (Å²) in [5.74, 6) is -0.484. The molecule has 0 spiro atoms. The summed E-state index contributed by atoms with van der Waals surface area (Å²) in [5, 5.41) is 20.2. The van der Waals surface area contributed by atoms with Crippen LogP contribution < -0.4 is 5.32 Å². The van der Waals surface area contributed by atoms with E-state index in [0.717, 1.165) is 0 Å². The molecule has 0 fully saturated rings. The van der Waals surface area contributed by atoms with Crippen molar-refractivity contribution >= 4 is 11.8 Å². The Morgan fingerprint density at radius 3 is 2.94 bits per heavy atom. The standard InChI is InChI=1S/C10H12N4O2/c1-7(4-9(15)16)6-14-10-8(5-11)12-2-3-13-10/h2-3,7H,4,6H2,1H3,(H,13,14)(H,15,16). The second kappa shape index (κ2) is 5.66. The van der Waals surface area contributed by atoms with Crippen LogP contribution in [-0.4, -0.2) is 27.6 Å². The lowest BCUT2D eigenvalue weighted by molar-refractivity contribution is -0.137. The molecule has 0 aliphatic rings. The van der Waals surface area contributed by atoms with Crippen molar-refractivity contribution < 1.29 is 9.90 Å². The second-order valence-electron chi connectivity index (χ2n) is 3.45. The van der Waals surface area contributed by atoms with Crippen LogP contribution in [0.1, 0.15) is 19.0 Å². The number of carboxylic acid groups (broad SMARTS) is 1. The Labute approximate surface area is 93.0 Å². The fourth-order valence-corrected chi connectivity index (χ4v) is 1.19. The first kappa shape index (κ1) is 11.9. The van der Waals surface area contributed by atoms with Crippen LogP contribution in [0, 0.1) is 17.2 Å². The van der Waals surface area contributed by atoms with E-state index in [0.29, 0.717) is 12.4 Å². The van der Waals surface area contributed by atoms with Crippen molar-refractivity contribution in [2.75, 3.05) is 11.9 Å². The molecule has 1 unspecified atom stereocenters. The largest absolute Gasteiger partial charge is 0.481 e. The van der Waals surface area contributed by atoms with Gasteiger partial charge in [-0.2, -0.15) is 5.26 Å². The highest BCUT2D eigenvalue weighted by Gasteiger charge is 2.09. The Morgan fingerprint density at radius 2 is 2.31 bits per heavy atom. The first-order valence-corrected chi connectivity index (χ1v) is 4.80. The number of anilines is 1. The van der Waals surface area contributed by atoms with Gasteiger partial charge in [-0.3, -0.25) is 4.79 Å². The number of nitrogens with one attached hydrogen (secondary N) is 1. The summed E-state index contributed by atoms with van der Waals surface area (Å²) in [5.41, 5.74) is 0.213. The molecule has 0 aliphatic heterocycles. The number of hydrogen-bond acceptors (Lipinski definition) is 5. The van der Waals surface area contributed by atoms with Gasteiger partial charge in [0.15, 0.2) is 11.5 Å². The third-order valence-electron chi connectivity index (χ3n) is 1.95. The van der Waals surface area contributed by atoms with E-state index in [9.17, 15) is 4.79 Å². The molecule has 1 aromatic heterocycles. The number of carbonyl (C=O) groups is 1. The van der Waals surface area contributed by atoms with Gasteiger partial charge in [0, 0.05) is 25.4 Å². The van der Waals surface area contributed by atoms with E-state index in [1.54, 1.807) is 0 Å². The zero-order chi connectivity index (χ0) is 12.0. The van der Waals surface area contributed by atoms with Crippen LogP contribution in [0.2, 0.25) is 0 Å². The number of rotatable bonds is 5. The Hall–Kier alpha value is -2.16. The number of hydrogen-bond donors (Lipinski definition) is 2. The molecule has 6 nitrogen and oxygen atoms in total. The number of aromatic nitrogens is 2. The first-order chi connectivity index (χ1) is 7.63. The zero-order valence-corrected chi connectivity index (χ0v) is 8.84. The van der Waals surface area contributed by atoms with Gasteiger partial charge in [-0.05, 0) is 5.92 Å². The maximum absolute atomic E-state index is 10.4. The molecule has 16 heavy (non-hydrogen) atoms. The number of nitriles is 1. The van der Waals surface area contributed by atoms with Gasteiger partial charge in [0.1, 0.15) is 6.07 Å². The van der Waals surface area contributed by atoms with Gasteiger partial charge in [-0.15, -0.1) is 0 Å². The van der Waals surface area contributed by atoms with Crippen molar-refractivity contribution in [2.45, 2.75) is 13.3 Å². The number of nitrogens with zero attached hydrogens (tertiary/aromatic N) is 3. The summed E-state index contributed by atoms with van der Waals surface area (Å²) < 4.78 is 0. The SMILES string of the molecule is CC(CNc1nccnc1C#N)CC(=O)O. The lowest BCUT2D eigenvalue weighted by atomic mass is 10.1. The lowest BCUT2D eigenvalue weighted by Gasteiger charge is -2.10. The second-order valence-corrected chi connectivity index (χ2v) is 3.45. The van der Waals surface area contributed by atoms with Crippen LogP contribution >= 0.6 is 0 Å². The van der Waals surface area contributed by atoms with Gasteiger partial charge >= 0.3 is 5.97 Å². The Morgan fingerprint density at radius 1 is 1.62 bits per heavy atom. The van der Waals surface area contributed by atoms with Crippen molar-refractivity contribution in [2.24, 2.45) is 5.92 Å². The minimum atomic E-state index is -0.839. The maximum Gasteiger partial charge on any atom is 0.303 e. The van der Waals surface area contributed by atoms with Gasteiger partial charge in [0.2, 0.25) is 0 Å². The summed E-state index contributed by atoms with van der Waals surface area (Å²) in [7, 11) is 0. The molecule has 1 atom stereocenters. The lowest BCUT2D eigenvalue weighted by Crippen LogP contribution is -2.16. The van der Waals surface area contributed by atoms with E-state index >= 15 is 0 Å². The number of carboxylic acids is 1. The normalized spacial score (nSPS) is 11.5. The quantitative estimate of drug-likeness (QED) is 0.763. The molecule has 1 heterocycles. The molecule has 84 valence electrons. The summed E-state index contributed by atoms with van der Waals surface area (Å²) in [6.07, 6.45) is 2.99. The van der Waals surface area contributed by atoms with E-state index in [-0.39, 0.29) is 18.0 Å². The third-order valence-corrected chi connectivity index (χ3v) is 1.95. The summed E-state index contributed by atoms with van der Waals surface area (Å²) in [6.45, 7) is 2.25. The summed E-state index contributed by atoms with van der Waals surface area (Å²) in [4.78, 5) is 18.2. The van der Waals surface area contributed by atoms with E-state index in [2.05, 4.69) is 15.3 Å². The van der Waals surface area contributed by atoms with Crippen LogP contribution in [0.5, 0.6) is 0 Å². The first-order valence-electron chi connectivity index (χ1n) is 4.80. The summed E-state index contributed by atoms with van der Waals surface area (Å²) >= 11 is 0. The van der Waals surface area contributed by atoms with Crippen LogP contribution in [0.4, 0.5) is 5.82 Å². The van der Waals surface area contributed by atoms with Gasteiger partial charge < -0.3 is 10.4 Å². The molecule has 0 saturated carbocycles. The minimum absolute atomic E-state index is 0.0361. The molecule has 0 radical (unpaired) electrons. The van der Waals surface area contributed by atoms with Crippen LogP contribution in [0.3, 0.4) is 0 Å². The van der Waals surface area contributed by atoms with Crippen LogP contribution in [0.15, 0.2) is 12.4 Å². The van der Waals surface area contributed by atoms with Gasteiger partial charge in [0.05, 0.1) is 0 Å². The highest BCUT2D eigenvalue weighted by Crippen LogP contribution is 2.09. The molecule has 1 aromatic rings. The minimum Gasteiger partial charge on any atom is -0.481 e. The maximum atomic E-state index is 10.4. The average molecular weight is 220 g/mol. The molecule has 0 amide bonds. The molecular formula is C10H12N4O2. The fraction of sp³-hybridized carbons (Fsp3) is 0.400.